The Hall–Kier alpha value is -1.88. The maximum Gasteiger partial charge on any atom is 0.225 e. The summed E-state index contributed by atoms with van der Waals surface area (Å²) in [6.45, 7) is 3.84. The summed E-state index contributed by atoms with van der Waals surface area (Å²) in [7, 11) is 0. The van der Waals surface area contributed by atoms with Gasteiger partial charge in [-0.2, -0.15) is 0 Å². The average Bonchev–Trinajstić information content (AvgIpc) is 3.22. The lowest BCUT2D eigenvalue weighted by atomic mass is 10.1. The lowest BCUT2D eigenvalue weighted by molar-refractivity contribution is -0.130. The van der Waals surface area contributed by atoms with Crippen molar-refractivity contribution in [3.8, 4) is 0 Å². The molecule has 2 heterocycles. The molecule has 3 atom stereocenters. The van der Waals surface area contributed by atoms with E-state index in [9.17, 15) is 9.59 Å². The molecule has 2 aliphatic rings. The molecule has 2 aliphatic heterocycles. The van der Waals surface area contributed by atoms with Gasteiger partial charge in [0, 0.05) is 26.1 Å². The number of carbonyl (C=O) groups excluding carboxylic acids is 2. The number of amides is 2. The summed E-state index contributed by atoms with van der Waals surface area (Å²) in [5.41, 5.74) is 1.10. The van der Waals surface area contributed by atoms with E-state index >= 15 is 0 Å². The van der Waals surface area contributed by atoms with E-state index in [0.717, 1.165) is 25.0 Å². The fourth-order valence-electron chi connectivity index (χ4n) is 3.36. The van der Waals surface area contributed by atoms with E-state index in [4.69, 9.17) is 4.74 Å². The van der Waals surface area contributed by atoms with Crippen LogP contribution in [0.4, 0.5) is 0 Å². The zero-order valence-corrected chi connectivity index (χ0v) is 13.5. The summed E-state index contributed by atoms with van der Waals surface area (Å²) < 4.78 is 5.51. The zero-order chi connectivity index (χ0) is 16.2. The monoisotopic (exact) mass is 316 g/mol. The molecule has 124 valence electrons. The minimum absolute atomic E-state index is 0.000310. The quantitative estimate of drug-likeness (QED) is 0.902. The van der Waals surface area contributed by atoms with Crippen molar-refractivity contribution >= 4 is 11.8 Å². The number of ether oxygens (including phenoxy) is 1. The molecule has 0 unspecified atom stereocenters. The molecule has 2 amide bonds. The largest absolute Gasteiger partial charge is 0.376 e. The van der Waals surface area contributed by atoms with Crippen molar-refractivity contribution in [3.63, 3.8) is 0 Å². The first-order valence-electron chi connectivity index (χ1n) is 8.39. The van der Waals surface area contributed by atoms with Gasteiger partial charge in [0.2, 0.25) is 11.8 Å². The Morgan fingerprint density at radius 3 is 2.87 bits per heavy atom. The average molecular weight is 316 g/mol. The van der Waals surface area contributed by atoms with Crippen LogP contribution >= 0.6 is 0 Å². The van der Waals surface area contributed by atoms with Crippen molar-refractivity contribution < 1.29 is 14.3 Å². The van der Waals surface area contributed by atoms with Gasteiger partial charge >= 0.3 is 0 Å². The number of hydrogen-bond acceptors (Lipinski definition) is 3. The third-order valence-electron chi connectivity index (χ3n) is 4.81. The Morgan fingerprint density at radius 2 is 2.17 bits per heavy atom. The predicted octanol–water partition coefficient (Wildman–Crippen LogP) is 1.89. The molecule has 2 fully saturated rings. The molecule has 1 aromatic rings. The van der Waals surface area contributed by atoms with Gasteiger partial charge in [0.05, 0.1) is 18.1 Å². The van der Waals surface area contributed by atoms with Gasteiger partial charge < -0.3 is 15.0 Å². The van der Waals surface area contributed by atoms with Gasteiger partial charge in [0.15, 0.2) is 0 Å². The van der Waals surface area contributed by atoms with E-state index in [1.807, 2.05) is 42.2 Å². The van der Waals surface area contributed by atoms with Crippen molar-refractivity contribution in [2.24, 2.45) is 5.92 Å². The van der Waals surface area contributed by atoms with E-state index < -0.39 is 0 Å². The number of rotatable bonds is 5. The summed E-state index contributed by atoms with van der Waals surface area (Å²) in [6.07, 6.45) is 2.50. The third-order valence-corrected chi connectivity index (χ3v) is 4.81. The number of nitrogens with zero attached hydrogens (tertiary/aromatic N) is 1. The van der Waals surface area contributed by atoms with E-state index in [-0.39, 0.29) is 29.9 Å². The first-order chi connectivity index (χ1) is 11.1. The van der Waals surface area contributed by atoms with Crippen molar-refractivity contribution in [2.75, 3.05) is 19.7 Å². The molecule has 3 rings (SSSR count). The summed E-state index contributed by atoms with van der Waals surface area (Å²) in [6, 6.07) is 9.94. The van der Waals surface area contributed by atoms with E-state index in [1.54, 1.807) is 0 Å². The normalized spacial score (nSPS) is 25.6. The fourth-order valence-corrected chi connectivity index (χ4v) is 3.36. The van der Waals surface area contributed by atoms with Crippen molar-refractivity contribution in [1.82, 2.24) is 10.2 Å². The molecule has 23 heavy (non-hydrogen) atoms. The van der Waals surface area contributed by atoms with Crippen molar-refractivity contribution in [1.29, 1.82) is 0 Å². The second-order valence-electron chi connectivity index (χ2n) is 6.41. The van der Waals surface area contributed by atoms with Crippen LogP contribution < -0.4 is 5.32 Å². The van der Waals surface area contributed by atoms with Gasteiger partial charge in [0.1, 0.15) is 0 Å². The topological polar surface area (TPSA) is 58.6 Å². The lowest BCUT2D eigenvalue weighted by Gasteiger charge is -2.25. The molecule has 0 bridgehead atoms. The third kappa shape index (κ3) is 3.72. The van der Waals surface area contributed by atoms with Crippen LogP contribution in [-0.2, 0) is 14.3 Å². The maximum absolute atomic E-state index is 12.3. The molecule has 0 aliphatic carbocycles. The molecular weight excluding hydrogens is 292 g/mol. The van der Waals surface area contributed by atoms with Crippen LogP contribution in [0, 0.1) is 5.92 Å². The second kappa shape index (κ2) is 7.13. The first kappa shape index (κ1) is 16.0. The van der Waals surface area contributed by atoms with Gasteiger partial charge in [-0.1, -0.05) is 30.3 Å². The second-order valence-corrected chi connectivity index (χ2v) is 6.41. The highest BCUT2D eigenvalue weighted by molar-refractivity contribution is 5.89. The predicted molar refractivity (Wildman–Crippen MR) is 86.7 cm³/mol. The maximum atomic E-state index is 12.3. The Kier molecular flexibility index (Phi) is 4.96. The first-order valence-corrected chi connectivity index (χ1v) is 8.39. The van der Waals surface area contributed by atoms with Crippen LogP contribution in [0.15, 0.2) is 30.3 Å². The van der Waals surface area contributed by atoms with Gasteiger partial charge in [-0.05, 0) is 25.3 Å². The summed E-state index contributed by atoms with van der Waals surface area (Å²) in [5.74, 6) is -0.231. The van der Waals surface area contributed by atoms with Crippen molar-refractivity contribution in [3.05, 3.63) is 35.9 Å². The molecular formula is C18H24N2O3. The van der Waals surface area contributed by atoms with Crippen LogP contribution in [-0.4, -0.2) is 42.5 Å². The number of nitrogens with one attached hydrogen (secondary N) is 1. The molecule has 0 aromatic heterocycles. The zero-order valence-electron chi connectivity index (χ0n) is 13.5. The Labute approximate surface area is 137 Å². The van der Waals surface area contributed by atoms with Crippen LogP contribution in [0.2, 0.25) is 0 Å². The molecule has 0 radical (unpaired) electrons. The molecule has 1 N–H and O–H groups in total. The standard InChI is InChI=1S/C18H24N2O3/c1-13(14-6-3-2-4-7-14)20-12-15(10-17(20)21)18(22)19-11-16-8-5-9-23-16/h2-4,6-7,13,15-16H,5,8-12H2,1H3,(H,19,22)/t13-,15+,16-/m1/s1. The van der Waals surface area contributed by atoms with Gasteiger partial charge in [0.25, 0.3) is 0 Å². The SMILES string of the molecule is C[C@H](c1ccccc1)N1C[C@@H](C(=O)NC[C@H]2CCCO2)CC1=O. The Bertz CT molecular complexity index is 555. The molecule has 2 saturated heterocycles. The summed E-state index contributed by atoms with van der Waals surface area (Å²) in [5, 5.41) is 2.94. The number of likely N-dealkylation sites (tertiary alicyclic amines) is 1. The summed E-state index contributed by atoms with van der Waals surface area (Å²) >= 11 is 0. The number of benzene rings is 1. The fraction of sp³-hybridized carbons (Fsp3) is 0.556. The minimum Gasteiger partial charge on any atom is -0.376 e. The van der Waals surface area contributed by atoms with E-state index in [2.05, 4.69) is 5.32 Å². The van der Waals surface area contributed by atoms with Crippen LogP contribution in [0.1, 0.15) is 37.8 Å². The molecule has 5 nitrogen and oxygen atoms in total. The van der Waals surface area contributed by atoms with Gasteiger partial charge in [-0.3, -0.25) is 9.59 Å². The smallest absolute Gasteiger partial charge is 0.225 e. The van der Waals surface area contributed by atoms with Gasteiger partial charge in [-0.15, -0.1) is 0 Å². The number of hydrogen-bond donors (Lipinski definition) is 1. The highest BCUT2D eigenvalue weighted by Crippen LogP contribution is 2.28. The highest BCUT2D eigenvalue weighted by atomic mass is 16.5. The van der Waals surface area contributed by atoms with Crippen LogP contribution in [0.3, 0.4) is 0 Å². The molecule has 5 heteroatoms. The molecule has 1 aromatic carbocycles. The minimum atomic E-state index is -0.255. The van der Waals surface area contributed by atoms with Crippen LogP contribution in [0.25, 0.3) is 0 Å². The Morgan fingerprint density at radius 1 is 1.39 bits per heavy atom. The number of carbonyl (C=O) groups is 2. The van der Waals surface area contributed by atoms with Gasteiger partial charge in [-0.25, -0.2) is 0 Å². The molecule has 0 saturated carbocycles. The van der Waals surface area contributed by atoms with E-state index in [1.165, 1.54) is 0 Å². The lowest BCUT2D eigenvalue weighted by Crippen LogP contribution is -2.37. The van der Waals surface area contributed by atoms with E-state index in [0.29, 0.717) is 19.5 Å². The highest BCUT2D eigenvalue weighted by Gasteiger charge is 2.37. The van der Waals surface area contributed by atoms with Crippen molar-refractivity contribution in [2.45, 2.75) is 38.3 Å². The van der Waals surface area contributed by atoms with Crippen LogP contribution in [0.5, 0.6) is 0 Å². The Balaban J connectivity index is 1.55. The summed E-state index contributed by atoms with van der Waals surface area (Å²) in [4.78, 5) is 26.4. The molecule has 0 spiro atoms.